The van der Waals surface area contributed by atoms with Crippen LogP contribution in [0, 0.1) is 50.2 Å². The van der Waals surface area contributed by atoms with Gasteiger partial charge in [0.25, 0.3) is 0 Å². The Morgan fingerprint density at radius 3 is 2.26 bits per heavy atom. The number of carbonyl (C=O) groups excluding carboxylic acids is 1. The van der Waals surface area contributed by atoms with E-state index in [0.717, 1.165) is 38.5 Å². The number of aliphatic carboxylic acids is 1. The van der Waals surface area contributed by atoms with Gasteiger partial charge in [0.2, 0.25) is 0 Å². The molecule has 5 aliphatic rings. The summed E-state index contributed by atoms with van der Waals surface area (Å²) in [4.78, 5) is 25.7. The zero-order valence-corrected chi connectivity index (χ0v) is 22.5. The largest absolute Gasteiger partial charge is 0.481 e. The van der Waals surface area contributed by atoms with Crippen molar-refractivity contribution in [2.75, 3.05) is 0 Å². The smallest absolute Gasteiger partial charge is 0.310 e. The summed E-state index contributed by atoms with van der Waals surface area (Å²) in [7, 11) is 0. The fourth-order valence-electron chi connectivity index (χ4n) is 10.4. The number of hydrogen-bond donors (Lipinski definition) is 2. The molecule has 0 heterocycles. The van der Waals surface area contributed by atoms with E-state index in [1.165, 1.54) is 5.57 Å². The average molecular weight is 471 g/mol. The predicted molar refractivity (Wildman–Crippen MR) is 133 cm³/mol. The maximum absolute atomic E-state index is 13.0. The van der Waals surface area contributed by atoms with Crippen LogP contribution in [0.1, 0.15) is 106 Å². The summed E-state index contributed by atoms with van der Waals surface area (Å²) in [5, 5.41) is 21.3. The molecule has 190 valence electrons. The molecule has 2 N–H and O–H groups in total. The molecule has 0 aliphatic heterocycles. The number of carboxylic acids is 1. The molecule has 0 radical (unpaired) electrons. The molecule has 0 bridgehead atoms. The SMILES string of the molecule is CC1(C)CC2C3=CCC4C5(C)CCC(O)C(C)(C)C5CCC4(C)C3(C)CCC2(C(=O)O)CC1=O. The van der Waals surface area contributed by atoms with Crippen molar-refractivity contribution in [2.24, 2.45) is 50.2 Å². The first kappa shape index (κ1) is 24.5. The van der Waals surface area contributed by atoms with Gasteiger partial charge in [-0.3, -0.25) is 9.59 Å². The van der Waals surface area contributed by atoms with E-state index in [-0.39, 0.29) is 45.9 Å². The average Bonchev–Trinajstić information content (AvgIpc) is 2.72. The lowest BCUT2D eigenvalue weighted by Crippen LogP contribution is -2.65. The Morgan fingerprint density at radius 2 is 1.62 bits per heavy atom. The molecule has 8 unspecified atom stereocenters. The van der Waals surface area contributed by atoms with E-state index >= 15 is 0 Å². The molecule has 4 heteroatoms. The van der Waals surface area contributed by atoms with Gasteiger partial charge >= 0.3 is 5.97 Å². The van der Waals surface area contributed by atoms with E-state index in [0.29, 0.717) is 24.7 Å². The van der Waals surface area contributed by atoms with Gasteiger partial charge in [-0.15, -0.1) is 0 Å². The van der Waals surface area contributed by atoms with Crippen LogP contribution in [0.15, 0.2) is 11.6 Å². The Labute approximate surface area is 206 Å². The summed E-state index contributed by atoms with van der Waals surface area (Å²) in [6, 6.07) is 0. The first-order valence-electron chi connectivity index (χ1n) is 13.7. The van der Waals surface area contributed by atoms with Crippen LogP contribution in [0.2, 0.25) is 0 Å². The highest BCUT2D eigenvalue weighted by Gasteiger charge is 2.69. The minimum absolute atomic E-state index is 0.0375. The molecule has 4 saturated carbocycles. The number of hydrogen-bond acceptors (Lipinski definition) is 3. The lowest BCUT2D eigenvalue weighted by molar-refractivity contribution is -0.205. The Balaban J connectivity index is 1.61. The second-order valence-corrected chi connectivity index (χ2v) is 14.9. The van der Waals surface area contributed by atoms with E-state index in [4.69, 9.17) is 0 Å². The number of fused-ring (bicyclic) bond motifs is 7. The monoisotopic (exact) mass is 470 g/mol. The predicted octanol–water partition coefficient (Wildman–Crippen LogP) is 6.41. The van der Waals surface area contributed by atoms with E-state index in [2.05, 4.69) is 40.7 Å². The van der Waals surface area contributed by atoms with E-state index < -0.39 is 16.8 Å². The van der Waals surface area contributed by atoms with Crippen LogP contribution in [0.4, 0.5) is 0 Å². The number of aliphatic hydroxyl groups is 1. The third kappa shape index (κ3) is 2.75. The minimum atomic E-state index is -0.931. The standard InChI is InChI=1S/C30H46O4/c1-25(2)16-19-18-8-9-21-27(5)12-11-22(31)26(3,4)20(27)10-13-29(21,7)28(18,6)14-15-30(19,24(33)34)17-23(25)32/h8,19-22,31H,9-17H2,1-7H3,(H,33,34). The number of carbonyl (C=O) groups is 2. The van der Waals surface area contributed by atoms with Gasteiger partial charge in [-0.05, 0) is 90.8 Å². The Hall–Kier alpha value is -1.16. The highest BCUT2D eigenvalue weighted by Crippen LogP contribution is 2.75. The molecule has 0 spiro atoms. The molecule has 34 heavy (non-hydrogen) atoms. The lowest BCUT2D eigenvalue weighted by Gasteiger charge is -2.71. The van der Waals surface area contributed by atoms with Crippen molar-refractivity contribution in [2.45, 2.75) is 112 Å². The van der Waals surface area contributed by atoms with Gasteiger partial charge in [0, 0.05) is 11.8 Å². The first-order chi connectivity index (χ1) is 15.6. The normalized spacial score (nSPS) is 51.3. The summed E-state index contributed by atoms with van der Waals surface area (Å²) in [5.41, 5.74) is 0.147. The highest BCUT2D eigenvalue weighted by atomic mass is 16.4. The minimum Gasteiger partial charge on any atom is -0.481 e. The van der Waals surface area contributed by atoms with E-state index in [9.17, 15) is 19.8 Å². The number of Topliss-reactive ketones (excluding diaryl/α,β-unsaturated/α-hetero) is 1. The van der Waals surface area contributed by atoms with Gasteiger partial charge in [0.15, 0.2) is 0 Å². The summed E-state index contributed by atoms with van der Waals surface area (Å²) in [6.07, 6.45) is 9.74. The van der Waals surface area contributed by atoms with Crippen LogP contribution < -0.4 is 0 Å². The Kier molecular flexibility index (Phi) is 5.04. The first-order valence-corrected chi connectivity index (χ1v) is 13.7. The van der Waals surface area contributed by atoms with Crippen molar-refractivity contribution in [3.63, 3.8) is 0 Å². The summed E-state index contributed by atoms with van der Waals surface area (Å²) in [5.74, 6) is 0.342. The van der Waals surface area contributed by atoms with E-state index in [1.807, 2.05) is 13.8 Å². The molecular formula is C30H46O4. The zero-order valence-electron chi connectivity index (χ0n) is 22.5. The van der Waals surface area contributed by atoms with E-state index in [1.54, 1.807) is 0 Å². The number of carboxylic acid groups (broad SMARTS) is 1. The molecule has 0 amide bonds. The molecule has 0 aromatic carbocycles. The third-order valence-corrected chi connectivity index (χ3v) is 13.0. The van der Waals surface area contributed by atoms with Crippen LogP contribution in [-0.4, -0.2) is 28.1 Å². The van der Waals surface area contributed by atoms with Gasteiger partial charge in [-0.25, -0.2) is 0 Å². The molecule has 5 rings (SSSR count). The van der Waals surface area contributed by atoms with Gasteiger partial charge in [0.05, 0.1) is 11.5 Å². The van der Waals surface area contributed by atoms with Gasteiger partial charge in [0.1, 0.15) is 5.78 Å². The number of aliphatic hydroxyl groups excluding tert-OH is 1. The van der Waals surface area contributed by atoms with Crippen molar-refractivity contribution in [1.82, 2.24) is 0 Å². The molecular weight excluding hydrogens is 424 g/mol. The second-order valence-electron chi connectivity index (χ2n) is 14.9. The fraction of sp³-hybridized carbons (Fsp3) is 0.867. The molecule has 8 atom stereocenters. The van der Waals surface area contributed by atoms with Crippen molar-refractivity contribution >= 4 is 11.8 Å². The van der Waals surface area contributed by atoms with Crippen LogP contribution >= 0.6 is 0 Å². The fourth-order valence-corrected chi connectivity index (χ4v) is 10.4. The topological polar surface area (TPSA) is 74.6 Å². The Morgan fingerprint density at radius 1 is 0.941 bits per heavy atom. The van der Waals surface area contributed by atoms with Gasteiger partial charge < -0.3 is 10.2 Å². The van der Waals surface area contributed by atoms with Crippen LogP contribution in [0.3, 0.4) is 0 Å². The molecule has 0 aromatic heterocycles. The lowest BCUT2D eigenvalue weighted by atomic mass is 9.33. The van der Waals surface area contributed by atoms with Crippen LogP contribution in [0.25, 0.3) is 0 Å². The summed E-state index contributed by atoms with van der Waals surface area (Å²) in [6.45, 7) is 16.0. The molecule has 0 aromatic rings. The maximum Gasteiger partial charge on any atom is 0.310 e. The van der Waals surface area contributed by atoms with Gasteiger partial charge in [-0.2, -0.15) is 0 Å². The Bertz CT molecular complexity index is 961. The number of ketones is 1. The van der Waals surface area contributed by atoms with Gasteiger partial charge in [-0.1, -0.05) is 60.1 Å². The summed E-state index contributed by atoms with van der Waals surface area (Å²) < 4.78 is 0. The van der Waals surface area contributed by atoms with Crippen LogP contribution in [-0.2, 0) is 9.59 Å². The number of rotatable bonds is 1. The molecule has 4 nitrogen and oxygen atoms in total. The maximum atomic E-state index is 13.0. The van der Waals surface area contributed by atoms with Crippen molar-refractivity contribution in [3.05, 3.63) is 11.6 Å². The molecule has 0 saturated heterocycles. The quantitative estimate of drug-likeness (QED) is 0.434. The highest BCUT2D eigenvalue weighted by molar-refractivity contribution is 5.92. The van der Waals surface area contributed by atoms with Crippen molar-refractivity contribution in [1.29, 1.82) is 0 Å². The number of allylic oxidation sites excluding steroid dienone is 2. The van der Waals surface area contributed by atoms with Crippen molar-refractivity contribution < 1.29 is 19.8 Å². The van der Waals surface area contributed by atoms with Crippen LogP contribution in [0.5, 0.6) is 0 Å². The molecule has 5 aliphatic carbocycles. The summed E-state index contributed by atoms with van der Waals surface area (Å²) >= 11 is 0. The third-order valence-electron chi connectivity index (χ3n) is 13.0. The second kappa shape index (κ2) is 6.99. The zero-order chi connectivity index (χ0) is 25.1. The van der Waals surface area contributed by atoms with Crippen molar-refractivity contribution in [3.8, 4) is 0 Å². The molecule has 4 fully saturated rings.